The highest BCUT2D eigenvalue weighted by Gasteiger charge is 2.30. The van der Waals surface area contributed by atoms with Crippen LogP contribution >= 0.6 is 40.7 Å². The lowest BCUT2D eigenvalue weighted by atomic mass is 10.0. The lowest BCUT2D eigenvalue weighted by Gasteiger charge is -2.35. The molecule has 1 atom stereocenters. The Hall–Kier alpha value is 0.130. The largest absolute Gasteiger partial charge is 0.314 e. The van der Waals surface area contributed by atoms with E-state index in [0.717, 1.165) is 36.7 Å². The van der Waals surface area contributed by atoms with Gasteiger partial charge in [0.2, 0.25) is 0 Å². The topological polar surface area (TPSA) is 28.2 Å². The van der Waals surface area contributed by atoms with Crippen LogP contribution in [0.4, 0.5) is 0 Å². The molecule has 0 radical (unpaired) electrons. The molecule has 2 aliphatic rings. The molecule has 0 amide bonds. The zero-order valence-electron chi connectivity index (χ0n) is 11.4. The lowest BCUT2D eigenvalue weighted by molar-refractivity contribution is 0.160. The van der Waals surface area contributed by atoms with Crippen LogP contribution in [-0.2, 0) is 0 Å². The van der Waals surface area contributed by atoms with E-state index < -0.39 is 0 Å². The van der Waals surface area contributed by atoms with Crippen molar-refractivity contribution >= 4 is 40.7 Å². The van der Waals surface area contributed by atoms with Crippen molar-refractivity contribution in [2.24, 2.45) is 5.92 Å². The summed E-state index contributed by atoms with van der Waals surface area (Å²) in [6, 6.07) is 4.86. The van der Waals surface area contributed by atoms with Gasteiger partial charge in [-0.3, -0.25) is 4.90 Å². The molecule has 114 valence electrons. The van der Waals surface area contributed by atoms with E-state index in [1.165, 1.54) is 24.8 Å². The van der Waals surface area contributed by atoms with Gasteiger partial charge in [0.05, 0.1) is 0 Å². The van der Waals surface area contributed by atoms with Crippen LogP contribution in [0.2, 0.25) is 0 Å². The van der Waals surface area contributed by atoms with E-state index in [0.29, 0.717) is 6.04 Å². The van der Waals surface area contributed by atoms with Gasteiger partial charge in [-0.2, -0.15) is 0 Å². The minimum absolute atomic E-state index is 0. The molecule has 2 fully saturated rings. The van der Waals surface area contributed by atoms with Gasteiger partial charge in [0, 0.05) is 38.4 Å². The molecule has 6 heteroatoms. The standard InChI is InChI=1S/C14H20BrN3.2ClH/c15-14-4-3-12(10-17-14)13(9-11-1-2-11)18-7-5-16-6-8-18;;/h3-4,10-11,13,16H,1-2,5-9H2;2*1H/t13-;;/m1../s1. The predicted molar refractivity (Wildman–Crippen MR) is 91.0 cm³/mol. The third-order valence-electron chi connectivity index (χ3n) is 3.98. The van der Waals surface area contributed by atoms with Crippen molar-refractivity contribution in [1.29, 1.82) is 0 Å². The van der Waals surface area contributed by atoms with Crippen molar-refractivity contribution in [3.63, 3.8) is 0 Å². The Balaban J connectivity index is 0.000001000. The molecular weight excluding hydrogens is 361 g/mol. The molecule has 1 aliphatic heterocycles. The molecule has 3 nitrogen and oxygen atoms in total. The Morgan fingerprint density at radius 2 is 1.95 bits per heavy atom. The number of rotatable bonds is 4. The van der Waals surface area contributed by atoms with Crippen molar-refractivity contribution in [1.82, 2.24) is 15.2 Å². The van der Waals surface area contributed by atoms with Crippen LogP contribution in [-0.4, -0.2) is 36.1 Å². The van der Waals surface area contributed by atoms with Crippen LogP contribution in [0.1, 0.15) is 30.9 Å². The molecule has 2 heterocycles. The van der Waals surface area contributed by atoms with E-state index in [2.05, 4.69) is 43.3 Å². The van der Waals surface area contributed by atoms with Crippen LogP contribution in [0, 0.1) is 5.92 Å². The maximum Gasteiger partial charge on any atom is 0.106 e. The second-order valence-corrected chi connectivity index (χ2v) is 6.21. The summed E-state index contributed by atoms with van der Waals surface area (Å²) in [5.74, 6) is 0.952. The highest BCUT2D eigenvalue weighted by molar-refractivity contribution is 9.10. The summed E-state index contributed by atoms with van der Waals surface area (Å²) in [5.41, 5.74) is 1.38. The minimum Gasteiger partial charge on any atom is -0.314 e. The first-order chi connectivity index (χ1) is 8.83. The van der Waals surface area contributed by atoms with Crippen LogP contribution in [0.15, 0.2) is 22.9 Å². The molecule has 1 aromatic heterocycles. The number of pyridine rings is 1. The molecule has 1 saturated carbocycles. The quantitative estimate of drug-likeness (QED) is 0.808. The van der Waals surface area contributed by atoms with Crippen LogP contribution in [0.25, 0.3) is 0 Å². The Morgan fingerprint density at radius 1 is 1.25 bits per heavy atom. The fraction of sp³-hybridized carbons (Fsp3) is 0.643. The molecule has 0 spiro atoms. The minimum atomic E-state index is 0. The van der Waals surface area contributed by atoms with Gasteiger partial charge in [0.25, 0.3) is 0 Å². The maximum atomic E-state index is 4.40. The van der Waals surface area contributed by atoms with E-state index in [-0.39, 0.29) is 24.8 Å². The van der Waals surface area contributed by atoms with Gasteiger partial charge in [-0.1, -0.05) is 18.9 Å². The van der Waals surface area contributed by atoms with E-state index in [4.69, 9.17) is 0 Å². The number of halogens is 3. The number of hydrogen-bond acceptors (Lipinski definition) is 3. The molecule has 3 rings (SSSR count). The van der Waals surface area contributed by atoms with E-state index in [1.807, 2.05) is 6.20 Å². The van der Waals surface area contributed by atoms with Gasteiger partial charge >= 0.3 is 0 Å². The first-order valence-corrected chi connectivity index (χ1v) is 7.68. The molecule has 20 heavy (non-hydrogen) atoms. The Bertz CT molecular complexity index is 392. The third-order valence-corrected chi connectivity index (χ3v) is 4.45. The van der Waals surface area contributed by atoms with Crippen molar-refractivity contribution in [3.8, 4) is 0 Å². The second-order valence-electron chi connectivity index (χ2n) is 5.40. The Kier molecular flexibility index (Phi) is 7.77. The lowest BCUT2D eigenvalue weighted by Crippen LogP contribution is -2.45. The number of aromatic nitrogens is 1. The zero-order chi connectivity index (χ0) is 12.4. The number of hydrogen-bond donors (Lipinski definition) is 1. The molecule has 1 aliphatic carbocycles. The normalized spacial score (nSPS) is 20.6. The maximum absolute atomic E-state index is 4.40. The van der Waals surface area contributed by atoms with Gasteiger partial charge in [-0.15, -0.1) is 24.8 Å². The van der Waals surface area contributed by atoms with Crippen molar-refractivity contribution < 1.29 is 0 Å². The smallest absolute Gasteiger partial charge is 0.106 e. The van der Waals surface area contributed by atoms with E-state index in [1.54, 1.807) is 0 Å². The third kappa shape index (κ3) is 4.85. The number of piperazine rings is 1. The summed E-state index contributed by atoms with van der Waals surface area (Å²) < 4.78 is 0.928. The van der Waals surface area contributed by atoms with Gasteiger partial charge < -0.3 is 5.32 Å². The molecule has 1 saturated heterocycles. The summed E-state index contributed by atoms with van der Waals surface area (Å²) in [4.78, 5) is 7.02. The van der Waals surface area contributed by atoms with Crippen LogP contribution in [0.3, 0.4) is 0 Å². The van der Waals surface area contributed by atoms with Crippen LogP contribution < -0.4 is 5.32 Å². The molecular formula is C14H22BrCl2N3. The Labute approximate surface area is 141 Å². The van der Waals surface area contributed by atoms with Crippen LogP contribution in [0.5, 0.6) is 0 Å². The van der Waals surface area contributed by atoms with Gasteiger partial charge in [-0.25, -0.2) is 4.98 Å². The average molecular weight is 383 g/mol. The first-order valence-electron chi connectivity index (χ1n) is 6.89. The van der Waals surface area contributed by atoms with Crippen molar-refractivity contribution in [3.05, 3.63) is 28.5 Å². The molecule has 0 aromatic carbocycles. The van der Waals surface area contributed by atoms with E-state index in [9.17, 15) is 0 Å². The van der Waals surface area contributed by atoms with Gasteiger partial charge in [0.15, 0.2) is 0 Å². The first kappa shape index (κ1) is 18.2. The molecule has 1 N–H and O–H groups in total. The monoisotopic (exact) mass is 381 g/mol. The van der Waals surface area contributed by atoms with Crippen molar-refractivity contribution in [2.45, 2.75) is 25.3 Å². The van der Waals surface area contributed by atoms with Crippen molar-refractivity contribution in [2.75, 3.05) is 26.2 Å². The second kappa shape index (κ2) is 8.54. The predicted octanol–water partition coefficient (Wildman–Crippen LogP) is 3.43. The summed E-state index contributed by atoms with van der Waals surface area (Å²) in [6.45, 7) is 4.55. The summed E-state index contributed by atoms with van der Waals surface area (Å²) in [5, 5.41) is 3.43. The fourth-order valence-electron chi connectivity index (χ4n) is 2.74. The van der Waals surface area contributed by atoms with Gasteiger partial charge in [-0.05, 0) is 39.9 Å². The summed E-state index contributed by atoms with van der Waals surface area (Å²) in [6.07, 6.45) is 6.20. The highest BCUT2D eigenvalue weighted by Crippen LogP contribution is 2.40. The van der Waals surface area contributed by atoms with Gasteiger partial charge in [0.1, 0.15) is 4.60 Å². The number of nitrogens with zero attached hydrogens (tertiary/aromatic N) is 2. The van der Waals surface area contributed by atoms with E-state index >= 15 is 0 Å². The Morgan fingerprint density at radius 3 is 2.50 bits per heavy atom. The number of nitrogens with one attached hydrogen (secondary N) is 1. The SMILES string of the molecule is Brc1ccc([C@@H](CC2CC2)N2CCNCC2)cn1.Cl.Cl. The molecule has 0 unspecified atom stereocenters. The molecule has 0 bridgehead atoms. The summed E-state index contributed by atoms with van der Waals surface area (Å²) >= 11 is 3.42. The zero-order valence-corrected chi connectivity index (χ0v) is 14.6. The average Bonchev–Trinajstić information content (AvgIpc) is 3.22. The summed E-state index contributed by atoms with van der Waals surface area (Å²) in [7, 11) is 0. The fourth-order valence-corrected chi connectivity index (χ4v) is 2.98. The highest BCUT2D eigenvalue weighted by atomic mass is 79.9. The molecule has 1 aromatic rings.